The van der Waals surface area contributed by atoms with E-state index in [9.17, 15) is 21.8 Å². The summed E-state index contributed by atoms with van der Waals surface area (Å²) in [7, 11) is 0. The van der Waals surface area contributed by atoms with Gasteiger partial charge in [0.15, 0.2) is 16.8 Å². The molecule has 3 aromatic carbocycles. The topological polar surface area (TPSA) is 55.1 Å². The average molecular weight is 460 g/mol. The molecule has 0 aliphatic carbocycles. The Bertz CT molecular complexity index is 1250. The number of benzene rings is 3. The minimum Gasteiger partial charge on any atom is -0.306 e. The first kappa shape index (κ1) is 21.9. The van der Waals surface area contributed by atoms with Crippen molar-refractivity contribution in [2.45, 2.75) is 11.9 Å². The van der Waals surface area contributed by atoms with Crippen molar-refractivity contribution in [1.29, 1.82) is 0 Å². The Kier molecular flexibility index (Phi) is 5.94. The molecule has 0 aliphatic rings. The molecule has 0 amide bonds. The van der Waals surface area contributed by atoms with Crippen molar-refractivity contribution in [3.8, 4) is 28.1 Å². The van der Waals surface area contributed by atoms with Crippen molar-refractivity contribution in [2.75, 3.05) is 0 Å². The molecule has 0 fully saturated rings. The van der Waals surface area contributed by atoms with Crippen LogP contribution in [-0.2, 0) is 23.0 Å². The Hall–Kier alpha value is -3.30. The number of alkyl halides is 3. The van der Waals surface area contributed by atoms with Crippen LogP contribution >= 0.6 is 0 Å². The Morgan fingerprint density at radius 2 is 1.47 bits per heavy atom. The number of para-hydroxylation sites is 1. The van der Waals surface area contributed by atoms with Crippen LogP contribution in [0.4, 0.5) is 17.6 Å². The summed E-state index contributed by atoms with van der Waals surface area (Å²) in [5, 5.41) is 3.91. The summed E-state index contributed by atoms with van der Waals surface area (Å²) in [5.74, 6) is -0.669. The van der Waals surface area contributed by atoms with Crippen molar-refractivity contribution in [3.63, 3.8) is 0 Å². The predicted octanol–water partition coefficient (Wildman–Crippen LogP) is 6.09. The van der Waals surface area contributed by atoms with Gasteiger partial charge >= 0.3 is 6.18 Å². The van der Waals surface area contributed by atoms with Gasteiger partial charge in [0.2, 0.25) is 0 Å². The minimum atomic E-state index is -4.76. The number of rotatable bonds is 5. The van der Waals surface area contributed by atoms with Crippen LogP contribution in [0.3, 0.4) is 0 Å². The smallest absolute Gasteiger partial charge is 0.306 e. The molecule has 32 heavy (non-hydrogen) atoms. The molecule has 0 spiro atoms. The van der Waals surface area contributed by atoms with E-state index in [4.69, 9.17) is 4.55 Å². The van der Waals surface area contributed by atoms with E-state index in [0.29, 0.717) is 16.8 Å². The van der Waals surface area contributed by atoms with Crippen molar-refractivity contribution >= 4 is 11.1 Å². The lowest BCUT2D eigenvalue weighted by molar-refractivity contribution is -0.140. The van der Waals surface area contributed by atoms with Gasteiger partial charge in [-0.3, -0.25) is 0 Å². The molecular weight excluding hydrogens is 444 g/mol. The number of hydrogen-bond donors (Lipinski definition) is 1. The highest BCUT2D eigenvalue weighted by Crippen LogP contribution is 2.43. The molecule has 1 heterocycles. The first-order valence-electron chi connectivity index (χ1n) is 9.42. The van der Waals surface area contributed by atoms with Crippen LogP contribution in [0.5, 0.6) is 0 Å². The summed E-state index contributed by atoms with van der Waals surface area (Å²) < 4.78 is 77.0. The van der Waals surface area contributed by atoms with Crippen molar-refractivity contribution in [1.82, 2.24) is 9.78 Å². The van der Waals surface area contributed by atoms with Crippen LogP contribution in [0, 0.1) is 5.82 Å². The fourth-order valence-electron chi connectivity index (χ4n) is 3.43. The van der Waals surface area contributed by atoms with Crippen LogP contribution in [0.1, 0.15) is 11.3 Å². The quantitative estimate of drug-likeness (QED) is 0.290. The molecule has 0 aliphatic heterocycles. The van der Waals surface area contributed by atoms with Gasteiger partial charge in [-0.1, -0.05) is 54.6 Å². The molecule has 0 radical (unpaired) electrons. The molecule has 1 unspecified atom stereocenters. The van der Waals surface area contributed by atoms with Crippen LogP contribution in [0.25, 0.3) is 28.1 Å². The maximum atomic E-state index is 14.0. The summed E-state index contributed by atoms with van der Waals surface area (Å²) in [5.41, 5.74) is 0.455. The number of nitrogens with zero attached hydrogens (tertiary/aromatic N) is 2. The number of halogens is 4. The van der Waals surface area contributed by atoms with Crippen LogP contribution in [-0.4, -0.2) is 18.5 Å². The zero-order valence-electron chi connectivity index (χ0n) is 16.4. The molecule has 4 aromatic rings. The summed E-state index contributed by atoms with van der Waals surface area (Å²) >= 11 is -2.05. The monoisotopic (exact) mass is 460 g/mol. The van der Waals surface area contributed by atoms with E-state index in [-0.39, 0.29) is 22.6 Å². The minimum absolute atomic E-state index is 0.100. The van der Waals surface area contributed by atoms with E-state index in [1.807, 2.05) is 0 Å². The van der Waals surface area contributed by atoms with Crippen LogP contribution < -0.4 is 0 Å². The Balaban J connectivity index is 2.01. The van der Waals surface area contributed by atoms with Gasteiger partial charge in [0, 0.05) is 11.1 Å². The molecular formula is C23H16F4N2O2S. The maximum Gasteiger partial charge on any atom is 0.435 e. The third-order valence-electron chi connectivity index (χ3n) is 4.81. The Labute approximate surface area is 183 Å². The second kappa shape index (κ2) is 8.68. The van der Waals surface area contributed by atoms with Gasteiger partial charge in [-0.25, -0.2) is 13.3 Å². The normalized spacial score (nSPS) is 12.7. The van der Waals surface area contributed by atoms with Gasteiger partial charge in [-0.15, -0.1) is 0 Å². The average Bonchev–Trinajstić information content (AvgIpc) is 3.16. The highest BCUT2D eigenvalue weighted by Gasteiger charge is 2.40. The summed E-state index contributed by atoms with van der Waals surface area (Å²) in [6.07, 6.45) is -4.76. The zero-order chi connectivity index (χ0) is 22.9. The van der Waals surface area contributed by atoms with E-state index >= 15 is 0 Å². The second-order valence-corrected chi connectivity index (χ2v) is 7.92. The third kappa shape index (κ3) is 4.49. The van der Waals surface area contributed by atoms with Crippen LogP contribution in [0.15, 0.2) is 78.9 Å². The number of aromatic nitrogens is 2. The van der Waals surface area contributed by atoms with Crippen molar-refractivity contribution in [2.24, 2.45) is 0 Å². The molecule has 0 saturated heterocycles. The van der Waals surface area contributed by atoms with Crippen molar-refractivity contribution in [3.05, 3.63) is 95.9 Å². The first-order chi connectivity index (χ1) is 15.2. The molecule has 0 saturated carbocycles. The molecule has 4 rings (SSSR count). The maximum absolute atomic E-state index is 14.0. The Morgan fingerprint density at radius 3 is 2.03 bits per heavy atom. The largest absolute Gasteiger partial charge is 0.435 e. The lowest BCUT2D eigenvalue weighted by Gasteiger charge is -2.12. The standard InChI is InChI=1S/C23H16F4N2O2S/c24-18-12-10-16(11-13-18)20-21(17-8-6-15(7-9-17)14-32(30)31)29(19-4-2-1-3-5-19)28-22(20)23(25,26)27/h1-13H,14H2,(H,30,31). The van der Waals surface area contributed by atoms with Gasteiger partial charge in [0.05, 0.1) is 17.1 Å². The van der Waals surface area contributed by atoms with Crippen molar-refractivity contribution < 1.29 is 26.3 Å². The van der Waals surface area contributed by atoms with Gasteiger partial charge < -0.3 is 4.55 Å². The van der Waals surface area contributed by atoms with Gasteiger partial charge in [-0.2, -0.15) is 18.3 Å². The molecule has 4 nitrogen and oxygen atoms in total. The lowest BCUT2D eigenvalue weighted by Crippen LogP contribution is -2.08. The SMILES string of the molecule is O=S(O)Cc1ccc(-c2c(-c3ccc(F)cc3)c(C(F)(F)F)nn2-c2ccccc2)cc1. The van der Waals surface area contributed by atoms with Crippen LogP contribution in [0.2, 0.25) is 0 Å². The van der Waals surface area contributed by atoms with Gasteiger partial charge in [0.1, 0.15) is 5.82 Å². The fraction of sp³-hybridized carbons (Fsp3) is 0.0870. The fourth-order valence-corrected chi connectivity index (χ4v) is 3.91. The number of hydrogen-bond acceptors (Lipinski definition) is 2. The third-order valence-corrected chi connectivity index (χ3v) is 5.39. The highest BCUT2D eigenvalue weighted by molar-refractivity contribution is 7.78. The second-order valence-electron chi connectivity index (χ2n) is 6.99. The zero-order valence-corrected chi connectivity index (χ0v) is 17.2. The molecule has 164 valence electrons. The molecule has 1 N–H and O–H groups in total. The van der Waals surface area contributed by atoms with E-state index in [0.717, 1.165) is 12.1 Å². The van der Waals surface area contributed by atoms with E-state index in [1.54, 1.807) is 54.6 Å². The summed E-state index contributed by atoms with van der Waals surface area (Å²) in [6.45, 7) is 0. The summed E-state index contributed by atoms with van der Waals surface area (Å²) in [4.78, 5) is 0. The molecule has 9 heteroatoms. The van der Waals surface area contributed by atoms with E-state index < -0.39 is 28.8 Å². The first-order valence-corrected chi connectivity index (χ1v) is 10.7. The van der Waals surface area contributed by atoms with E-state index in [1.165, 1.54) is 16.8 Å². The lowest BCUT2D eigenvalue weighted by atomic mass is 9.97. The Morgan fingerprint density at radius 1 is 0.875 bits per heavy atom. The highest BCUT2D eigenvalue weighted by atomic mass is 32.2. The van der Waals surface area contributed by atoms with Gasteiger partial charge in [-0.05, 0) is 35.4 Å². The summed E-state index contributed by atoms with van der Waals surface area (Å²) in [6, 6.07) is 19.4. The molecule has 0 bridgehead atoms. The van der Waals surface area contributed by atoms with Gasteiger partial charge in [0.25, 0.3) is 0 Å². The van der Waals surface area contributed by atoms with E-state index in [2.05, 4.69) is 5.10 Å². The predicted molar refractivity (Wildman–Crippen MR) is 114 cm³/mol. The molecule has 1 atom stereocenters. The molecule has 1 aromatic heterocycles.